The Balaban J connectivity index is 4.19. The number of nitrogens with one attached hydrogen (secondary N) is 1. The van der Waals surface area contributed by atoms with Crippen molar-refractivity contribution < 1.29 is 43.9 Å². The highest BCUT2D eigenvalue weighted by molar-refractivity contribution is 5.89. The van der Waals surface area contributed by atoms with E-state index in [4.69, 9.17) is 14.2 Å². The molecule has 0 bridgehead atoms. The minimum Gasteiger partial charge on any atom is -0.434 e. The number of methoxy groups -OCH3 is 1. The molecule has 0 unspecified atom stereocenters. The van der Waals surface area contributed by atoms with Crippen molar-refractivity contribution in [3.8, 4) is 0 Å². The van der Waals surface area contributed by atoms with Gasteiger partial charge < -0.3 is 34.8 Å². The molecule has 0 aromatic heterocycles. The molecule has 0 radical (unpaired) electrons. The van der Waals surface area contributed by atoms with Gasteiger partial charge in [0.1, 0.15) is 31.0 Å². The Labute approximate surface area is 247 Å². The van der Waals surface area contributed by atoms with E-state index in [1.165, 1.54) is 65.1 Å². The Morgan fingerprint density at radius 2 is 1.37 bits per heavy atom. The van der Waals surface area contributed by atoms with E-state index in [2.05, 4.69) is 12.2 Å². The van der Waals surface area contributed by atoms with Crippen LogP contribution in [0.4, 0.5) is 4.79 Å². The lowest BCUT2D eigenvalue weighted by molar-refractivity contribution is -0.149. The molecule has 240 valence electrons. The molecule has 1 amide bonds. The average molecular weight is 588 g/mol. The predicted octanol–water partition coefficient (Wildman–Crippen LogP) is 4.47. The summed E-state index contributed by atoms with van der Waals surface area (Å²) in [6, 6.07) is 0. The maximum atomic E-state index is 12.7. The van der Waals surface area contributed by atoms with Crippen molar-refractivity contribution >= 4 is 17.8 Å². The maximum absolute atomic E-state index is 12.7. The number of hydrogen-bond donors (Lipinski definition) is 4. The Morgan fingerprint density at radius 3 is 1.90 bits per heavy atom. The van der Waals surface area contributed by atoms with Gasteiger partial charge in [-0.2, -0.15) is 0 Å². The fraction of sp³-hybridized carbons (Fsp3) is 0.839. The summed E-state index contributed by atoms with van der Waals surface area (Å²) in [6.45, 7) is 9.74. The largest absolute Gasteiger partial charge is 0.508 e. The number of allylic oxidation sites excluding steroid dienone is 1. The van der Waals surface area contributed by atoms with E-state index in [0.717, 1.165) is 19.3 Å². The summed E-state index contributed by atoms with van der Waals surface area (Å²) in [7, 11) is 1.20. The lowest BCUT2D eigenvalue weighted by atomic mass is 9.92. The topological polar surface area (TPSA) is 152 Å². The molecule has 10 heteroatoms. The first-order valence-corrected chi connectivity index (χ1v) is 15.2. The highest BCUT2D eigenvalue weighted by Crippen LogP contribution is 2.18. The van der Waals surface area contributed by atoms with E-state index in [-0.39, 0.29) is 25.0 Å². The molecule has 0 aliphatic carbocycles. The van der Waals surface area contributed by atoms with Crippen LogP contribution in [0.15, 0.2) is 12.2 Å². The number of amides is 1. The van der Waals surface area contributed by atoms with Crippen LogP contribution in [0.1, 0.15) is 105 Å². The van der Waals surface area contributed by atoms with Gasteiger partial charge in [0.25, 0.3) is 0 Å². The molecule has 0 aromatic carbocycles. The molecule has 0 rings (SSSR count). The van der Waals surface area contributed by atoms with Gasteiger partial charge in [-0.25, -0.2) is 4.79 Å². The monoisotopic (exact) mass is 587 g/mol. The van der Waals surface area contributed by atoms with Crippen LogP contribution in [0.25, 0.3) is 0 Å². The van der Waals surface area contributed by atoms with Gasteiger partial charge in [0.2, 0.25) is 5.91 Å². The van der Waals surface area contributed by atoms with Gasteiger partial charge in [-0.1, -0.05) is 105 Å². The van der Waals surface area contributed by atoms with Crippen molar-refractivity contribution in [2.24, 2.45) is 11.3 Å². The van der Waals surface area contributed by atoms with E-state index in [9.17, 15) is 29.7 Å². The fourth-order valence-electron chi connectivity index (χ4n) is 4.12. The third-order valence-corrected chi connectivity index (χ3v) is 6.67. The number of Topliss-reactive ketones (excluding diaryl/α,β-unsaturated/α-hetero) is 1. The van der Waals surface area contributed by atoms with Crippen LogP contribution in [-0.2, 0) is 23.8 Å². The number of ketones is 1. The van der Waals surface area contributed by atoms with Crippen molar-refractivity contribution in [3.63, 3.8) is 0 Å². The summed E-state index contributed by atoms with van der Waals surface area (Å²) in [5.74, 6) is -1.81. The van der Waals surface area contributed by atoms with E-state index in [0.29, 0.717) is 6.61 Å². The van der Waals surface area contributed by atoms with Crippen LogP contribution in [0.2, 0.25) is 0 Å². The highest BCUT2D eigenvalue weighted by atomic mass is 16.7. The minimum atomic E-state index is -1.69. The number of carbonyl (C=O) groups excluding carboxylic acids is 3. The molecule has 0 saturated heterocycles. The van der Waals surface area contributed by atoms with Crippen LogP contribution >= 0.6 is 0 Å². The van der Waals surface area contributed by atoms with Crippen molar-refractivity contribution in [3.05, 3.63) is 12.2 Å². The highest BCUT2D eigenvalue weighted by Gasteiger charge is 2.36. The van der Waals surface area contributed by atoms with Crippen LogP contribution in [0.5, 0.6) is 0 Å². The lowest BCUT2D eigenvalue weighted by Gasteiger charge is -2.27. The average Bonchev–Trinajstić information content (AvgIpc) is 2.91. The standard InChI is InChI=1S/C31H57NO9/c1-7-8-9-10-11-12-13-14-15-16-20-40-30(38)41-21-19-32-29(37)23(2)22-25(34)28(39-6)27(36)26(35)24(33)17-18-31(3,4)5/h17-18,23-24,26-28,33,35-36H,7-16,19-22H2,1-6H3,(H,32,37)/b18-17+/t23-,24-,26+,27-,28+/m1/s1. The normalized spacial score (nSPS) is 15.6. The molecule has 0 aliphatic heterocycles. The van der Waals surface area contributed by atoms with Gasteiger partial charge in [0.05, 0.1) is 13.2 Å². The van der Waals surface area contributed by atoms with Gasteiger partial charge >= 0.3 is 6.16 Å². The smallest absolute Gasteiger partial charge is 0.434 e. The summed E-state index contributed by atoms with van der Waals surface area (Å²) < 4.78 is 15.1. The Hall–Kier alpha value is -2.01. The van der Waals surface area contributed by atoms with Crippen molar-refractivity contribution in [2.45, 2.75) is 130 Å². The number of aliphatic hydroxyl groups is 3. The zero-order valence-corrected chi connectivity index (χ0v) is 26.2. The molecular formula is C31H57NO9. The van der Waals surface area contributed by atoms with E-state index in [1.807, 2.05) is 20.8 Å². The summed E-state index contributed by atoms with van der Waals surface area (Å²) in [4.78, 5) is 36.8. The second kappa shape index (κ2) is 22.6. The first kappa shape index (κ1) is 39.0. The van der Waals surface area contributed by atoms with E-state index in [1.54, 1.807) is 6.08 Å². The minimum absolute atomic E-state index is 0.0477. The summed E-state index contributed by atoms with van der Waals surface area (Å²) >= 11 is 0. The molecule has 0 aliphatic rings. The first-order chi connectivity index (χ1) is 19.3. The number of hydrogen-bond acceptors (Lipinski definition) is 9. The van der Waals surface area contributed by atoms with E-state index < -0.39 is 48.2 Å². The molecular weight excluding hydrogens is 530 g/mol. The Morgan fingerprint density at radius 1 is 0.829 bits per heavy atom. The van der Waals surface area contributed by atoms with Gasteiger partial charge in [0.15, 0.2) is 5.78 Å². The molecule has 5 atom stereocenters. The van der Waals surface area contributed by atoms with Gasteiger partial charge in [-0.05, 0) is 11.8 Å². The quantitative estimate of drug-likeness (QED) is 0.0771. The number of ether oxygens (including phenoxy) is 3. The summed E-state index contributed by atoms with van der Waals surface area (Å²) in [5, 5.41) is 33.5. The SMILES string of the molecule is CCCCCCCCCCCCOC(=O)OCCNC(=O)[C@H](C)CC(=O)[C@H](OC)[C@H](O)[C@@H](O)[C@H](O)/C=C/C(C)(C)C. The molecule has 10 nitrogen and oxygen atoms in total. The molecule has 0 fully saturated rings. The number of carbonyl (C=O) groups is 3. The molecule has 0 aromatic rings. The van der Waals surface area contributed by atoms with E-state index >= 15 is 0 Å². The van der Waals surface area contributed by atoms with Gasteiger partial charge in [-0.3, -0.25) is 9.59 Å². The molecule has 0 heterocycles. The summed E-state index contributed by atoms with van der Waals surface area (Å²) in [6.07, 6.45) is 7.69. The molecule has 0 saturated carbocycles. The Bertz CT molecular complexity index is 750. The zero-order chi connectivity index (χ0) is 31.3. The lowest BCUT2D eigenvalue weighted by Crippen LogP contribution is -2.48. The van der Waals surface area contributed by atoms with Crippen LogP contribution in [-0.4, -0.2) is 84.4 Å². The number of rotatable bonds is 23. The number of unbranched alkanes of at least 4 members (excludes halogenated alkanes) is 9. The fourth-order valence-corrected chi connectivity index (χ4v) is 4.12. The van der Waals surface area contributed by atoms with Crippen molar-refractivity contribution in [2.75, 3.05) is 26.9 Å². The third kappa shape index (κ3) is 19.7. The van der Waals surface area contributed by atoms with Crippen LogP contribution in [0, 0.1) is 11.3 Å². The Kier molecular flexibility index (Phi) is 21.5. The maximum Gasteiger partial charge on any atom is 0.508 e. The zero-order valence-electron chi connectivity index (χ0n) is 26.2. The van der Waals surface area contributed by atoms with Crippen LogP contribution < -0.4 is 5.32 Å². The van der Waals surface area contributed by atoms with Crippen LogP contribution in [0.3, 0.4) is 0 Å². The predicted molar refractivity (Wildman–Crippen MR) is 158 cm³/mol. The number of aliphatic hydroxyl groups excluding tert-OH is 3. The molecule has 0 spiro atoms. The second-order valence-corrected chi connectivity index (χ2v) is 11.8. The summed E-state index contributed by atoms with van der Waals surface area (Å²) in [5.41, 5.74) is -0.247. The van der Waals surface area contributed by atoms with Crippen molar-refractivity contribution in [1.29, 1.82) is 0 Å². The molecule has 4 N–H and O–H groups in total. The van der Waals surface area contributed by atoms with Gasteiger partial charge in [-0.15, -0.1) is 0 Å². The first-order valence-electron chi connectivity index (χ1n) is 15.2. The third-order valence-electron chi connectivity index (χ3n) is 6.67. The van der Waals surface area contributed by atoms with Crippen molar-refractivity contribution in [1.82, 2.24) is 5.32 Å². The molecule has 41 heavy (non-hydrogen) atoms. The van der Waals surface area contributed by atoms with Gasteiger partial charge in [0, 0.05) is 19.4 Å². The second-order valence-electron chi connectivity index (χ2n) is 11.8.